The molecule has 1 aromatic rings. The van der Waals surface area contributed by atoms with Crippen LogP contribution in [0.1, 0.15) is 30.1 Å². The summed E-state index contributed by atoms with van der Waals surface area (Å²) in [5, 5.41) is 0. The molecular weight excluding hydrogens is 292 g/mol. The maximum atomic E-state index is 12.5. The van der Waals surface area contributed by atoms with Gasteiger partial charge < -0.3 is 5.73 Å². The lowest BCUT2D eigenvalue weighted by Gasteiger charge is -2.30. The van der Waals surface area contributed by atoms with E-state index >= 15 is 0 Å². The molecule has 1 fully saturated rings. The second-order valence-corrected chi connectivity index (χ2v) is 7.12. The van der Waals surface area contributed by atoms with Gasteiger partial charge in [0, 0.05) is 18.7 Å². The SMILES string of the molecule is CC(=O)c1ccc(S(=O)(=O)N2CCC[C@@H](C(N)=O)C2)cc1. The van der Waals surface area contributed by atoms with Gasteiger partial charge in [-0.25, -0.2) is 8.42 Å². The first kappa shape index (κ1) is 15.7. The molecule has 0 aliphatic carbocycles. The third kappa shape index (κ3) is 3.30. The summed E-state index contributed by atoms with van der Waals surface area (Å²) < 4.78 is 26.3. The quantitative estimate of drug-likeness (QED) is 0.831. The number of primary amides is 1. The number of hydrogen-bond acceptors (Lipinski definition) is 4. The van der Waals surface area contributed by atoms with E-state index < -0.39 is 21.8 Å². The maximum Gasteiger partial charge on any atom is 0.243 e. The number of ketones is 1. The van der Waals surface area contributed by atoms with Crippen molar-refractivity contribution < 1.29 is 18.0 Å². The molecule has 6 nitrogen and oxygen atoms in total. The predicted octanol–water partition coefficient (Wildman–Crippen LogP) is 0.775. The van der Waals surface area contributed by atoms with Crippen LogP contribution in [0.2, 0.25) is 0 Å². The van der Waals surface area contributed by atoms with Gasteiger partial charge in [0.15, 0.2) is 5.78 Å². The van der Waals surface area contributed by atoms with Crippen LogP contribution < -0.4 is 5.73 Å². The van der Waals surface area contributed by atoms with E-state index in [1.165, 1.54) is 35.5 Å². The summed E-state index contributed by atoms with van der Waals surface area (Å²) in [7, 11) is -3.66. The van der Waals surface area contributed by atoms with Crippen molar-refractivity contribution in [1.82, 2.24) is 4.31 Å². The third-order valence-corrected chi connectivity index (χ3v) is 5.56. The number of rotatable bonds is 4. The summed E-state index contributed by atoms with van der Waals surface area (Å²) in [4.78, 5) is 22.6. The molecule has 114 valence electrons. The highest BCUT2D eigenvalue weighted by atomic mass is 32.2. The number of benzene rings is 1. The molecule has 0 bridgehead atoms. The zero-order chi connectivity index (χ0) is 15.6. The topological polar surface area (TPSA) is 97.5 Å². The number of carbonyl (C=O) groups excluding carboxylic acids is 2. The molecule has 21 heavy (non-hydrogen) atoms. The lowest BCUT2D eigenvalue weighted by Crippen LogP contribution is -2.44. The van der Waals surface area contributed by atoms with Crippen LogP contribution in [0, 0.1) is 5.92 Å². The van der Waals surface area contributed by atoms with Crippen molar-refractivity contribution >= 4 is 21.7 Å². The highest BCUT2D eigenvalue weighted by molar-refractivity contribution is 7.89. The molecule has 0 radical (unpaired) electrons. The number of hydrogen-bond donors (Lipinski definition) is 1. The summed E-state index contributed by atoms with van der Waals surface area (Å²) in [6.45, 7) is 1.91. The number of sulfonamides is 1. The van der Waals surface area contributed by atoms with E-state index in [2.05, 4.69) is 0 Å². The highest BCUT2D eigenvalue weighted by Gasteiger charge is 2.32. The van der Waals surface area contributed by atoms with Gasteiger partial charge in [0.05, 0.1) is 10.8 Å². The Kier molecular flexibility index (Phi) is 4.43. The Hall–Kier alpha value is -1.73. The van der Waals surface area contributed by atoms with E-state index in [0.29, 0.717) is 24.9 Å². The Morgan fingerprint density at radius 1 is 1.24 bits per heavy atom. The normalized spacial score (nSPS) is 20.1. The van der Waals surface area contributed by atoms with E-state index in [4.69, 9.17) is 5.73 Å². The van der Waals surface area contributed by atoms with Gasteiger partial charge in [-0.2, -0.15) is 4.31 Å². The first-order valence-electron chi connectivity index (χ1n) is 6.73. The maximum absolute atomic E-state index is 12.5. The van der Waals surface area contributed by atoms with E-state index in [0.717, 1.165) is 0 Å². The number of nitrogens with zero attached hydrogens (tertiary/aromatic N) is 1. The van der Waals surface area contributed by atoms with Crippen molar-refractivity contribution in [3.63, 3.8) is 0 Å². The molecular formula is C14H18N2O4S. The molecule has 1 atom stereocenters. The van der Waals surface area contributed by atoms with Crippen LogP contribution in [-0.4, -0.2) is 37.5 Å². The average Bonchev–Trinajstić information content (AvgIpc) is 2.47. The molecule has 1 heterocycles. The van der Waals surface area contributed by atoms with E-state index in [9.17, 15) is 18.0 Å². The van der Waals surface area contributed by atoms with Gasteiger partial charge >= 0.3 is 0 Å². The molecule has 1 aromatic carbocycles. The molecule has 2 rings (SSSR count). The molecule has 1 saturated heterocycles. The van der Waals surface area contributed by atoms with E-state index in [-0.39, 0.29) is 17.2 Å². The number of amides is 1. The fraction of sp³-hybridized carbons (Fsp3) is 0.429. The minimum absolute atomic E-state index is 0.117. The zero-order valence-corrected chi connectivity index (χ0v) is 12.6. The fourth-order valence-electron chi connectivity index (χ4n) is 2.40. The van der Waals surface area contributed by atoms with Crippen LogP contribution >= 0.6 is 0 Å². The Bertz CT molecular complexity index is 652. The van der Waals surface area contributed by atoms with Crippen LogP contribution in [0.5, 0.6) is 0 Å². The third-order valence-electron chi connectivity index (χ3n) is 3.69. The Morgan fingerprint density at radius 2 is 1.86 bits per heavy atom. The number of carbonyl (C=O) groups is 2. The van der Waals surface area contributed by atoms with Crippen LogP contribution in [-0.2, 0) is 14.8 Å². The van der Waals surface area contributed by atoms with E-state index in [1.54, 1.807) is 0 Å². The molecule has 0 unspecified atom stereocenters. The minimum atomic E-state index is -3.66. The van der Waals surface area contributed by atoms with Gasteiger partial charge in [0.2, 0.25) is 15.9 Å². The minimum Gasteiger partial charge on any atom is -0.369 e. The first-order valence-corrected chi connectivity index (χ1v) is 8.17. The van der Waals surface area contributed by atoms with Gasteiger partial charge in [-0.1, -0.05) is 12.1 Å². The molecule has 1 aliphatic heterocycles. The van der Waals surface area contributed by atoms with Gasteiger partial charge in [0.25, 0.3) is 0 Å². The van der Waals surface area contributed by atoms with Crippen LogP contribution in [0.3, 0.4) is 0 Å². The van der Waals surface area contributed by atoms with Gasteiger partial charge in [-0.15, -0.1) is 0 Å². The molecule has 1 aliphatic rings. The Labute approximate surface area is 124 Å². The van der Waals surface area contributed by atoms with Crippen LogP contribution in [0.4, 0.5) is 0 Å². The van der Waals surface area contributed by atoms with Gasteiger partial charge in [-0.3, -0.25) is 9.59 Å². The molecule has 2 N–H and O–H groups in total. The molecule has 0 saturated carbocycles. The molecule has 7 heteroatoms. The van der Waals surface area contributed by atoms with Crippen molar-refractivity contribution in [2.45, 2.75) is 24.7 Å². The summed E-state index contributed by atoms with van der Waals surface area (Å²) in [5.74, 6) is -1.03. The monoisotopic (exact) mass is 310 g/mol. The number of piperidine rings is 1. The largest absolute Gasteiger partial charge is 0.369 e. The molecule has 0 spiro atoms. The van der Waals surface area contributed by atoms with Crippen molar-refractivity contribution in [3.05, 3.63) is 29.8 Å². The van der Waals surface area contributed by atoms with Crippen LogP contribution in [0.15, 0.2) is 29.2 Å². The highest BCUT2D eigenvalue weighted by Crippen LogP contribution is 2.23. The van der Waals surface area contributed by atoms with Gasteiger partial charge in [-0.05, 0) is 31.9 Å². The lowest BCUT2D eigenvalue weighted by molar-refractivity contribution is -0.122. The summed E-state index contributed by atoms with van der Waals surface area (Å²) >= 11 is 0. The van der Waals surface area contributed by atoms with E-state index in [1.807, 2.05) is 0 Å². The van der Waals surface area contributed by atoms with Crippen molar-refractivity contribution in [2.24, 2.45) is 11.7 Å². The van der Waals surface area contributed by atoms with Crippen LogP contribution in [0.25, 0.3) is 0 Å². The number of nitrogens with two attached hydrogens (primary N) is 1. The first-order chi connectivity index (χ1) is 9.82. The van der Waals surface area contributed by atoms with Crippen molar-refractivity contribution in [1.29, 1.82) is 0 Å². The zero-order valence-electron chi connectivity index (χ0n) is 11.8. The standard InChI is InChI=1S/C14H18N2O4S/c1-10(17)11-4-6-13(7-5-11)21(19,20)16-8-2-3-12(9-16)14(15)18/h4-7,12H,2-3,8-9H2,1H3,(H2,15,18)/t12-/m1/s1. The number of Topliss-reactive ketones (excluding diaryl/α,β-unsaturated/α-hetero) is 1. The second-order valence-electron chi connectivity index (χ2n) is 5.19. The van der Waals surface area contributed by atoms with Gasteiger partial charge in [0.1, 0.15) is 0 Å². The lowest BCUT2D eigenvalue weighted by atomic mass is 9.99. The molecule has 0 aromatic heterocycles. The summed E-state index contributed by atoms with van der Waals surface area (Å²) in [6, 6.07) is 5.81. The van der Waals surface area contributed by atoms with Crippen molar-refractivity contribution in [3.8, 4) is 0 Å². The predicted molar refractivity (Wildman–Crippen MR) is 77.1 cm³/mol. The van der Waals surface area contributed by atoms with Crippen molar-refractivity contribution in [2.75, 3.05) is 13.1 Å². The summed E-state index contributed by atoms with van der Waals surface area (Å²) in [5.41, 5.74) is 5.73. The second kappa shape index (κ2) is 5.95. The Balaban J connectivity index is 2.24. The summed E-state index contributed by atoms with van der Waals surface area (Å²) in [6.07, 6.45) is 1.23. The Morgan fingerprint density at radius 3 is 2.38 bits per heavy atom. The average molecular weight is 310 g/mol. The fourth-order valence-corrected chi connectivity index (χ4v) is 3.93. The smallest absolute Gasteiger partial charge is 0.243 e. The molecule has 1 amide bonds.